The third kappa shape index (κ3) is 5.34. The van der Waals surface area contributed by atoms with E-state index in [2.05, 4.69) is 15.0 Å². The minimum absolute atomic E-state index is 0.0448. The number of benzene rings is 2. The van der Waals surface area contributed by atoms with E-state index >= 15 is 0 Å². The number of aromatic nitrogens is 1. The number of alkyl halides is 3. The van der Waals surface area contributed by atoms with Crippen molar-refractivity contribution in [3.8, 4) is 0 Å². The second-order valence-electron chi connectivity index (χ2n) is 7.36. The lowest BCUT2D eigenvalue weighted by Crippen LogP contribution is -2.28. The van der Waals surface area contributed by atoms with E-state index < -0.39 is 39.5 Å². The zero-order chi connectivity index (χ0) is 23.8. The molecule has 6 nitrogen and oxygen atoms in total. The molecule has 0 spiro atoms. The van der Waals surface area contributed by atoms with Gasteiger partial charge in [0.1, 0.15) is 11.5 Å². The molecule has 3 rings (SSSR count). The summed E-state index contributed by atoms with van der Waals surface area (Å²) in [5.41, 5.74) is 0.00911. The first-order valence-electron chi connectivity index (χ1n) is 9.31. The molecule has 1 aromatic heterocycles. The van der Waals surface area contributed by atoms with Gasteiger partial charge in [0.05, 0.1) is 29.1 Å². The fraction of sp³-hybridized carbons (Fsp3) is 0.238. The van der Waals surface area contributed by atoms with Crippen LogP contribution in [0.3, 0.4) is 0 Å². The Balaban J connectivity index is 1.82. The number of carbonyl (C=O) groups is 1. The number of nitrogens with one attached hydrogen (secondary N) is 2. The molecule has 0 aliphatic carbocycles. The molecule has 0 bridgehead atoms. The lowest BCUT2D eigenvalue weighted by atomic mass is 10.0. The number of pyridine rings is 1. The number of carbonyl (C=O) groups excluding carboxylic acids is 1. The maximum atomic E-state index is 14.6. The average molecular weight is 469 g/mol. The number of amides is 1. The molecule has 1 heterocycles. The van der Waals surface area contributed by atoms with Gasteiger partial charge in [-0.1, -0.05) is 6.07 Å². The third-order valence-electron chi connectivity index (χ3n) is 4.70. The van der Waals surface area contributed by atoms with Crippen LogP contribution in [0.4, 0.5) is 23.2 Å². The molecule has 0 aliphatic rings. The topological polar surface area (TPSA) is 88.2 Å². The van der Waals surface area contributed by atoms with Crippen molar-refractivity contribution < 1.29 is 30.8 Å². The van der Waals surface area contributed by atoms with Crippen molar-refractivity contribution in [2.45, 2.75) is 26.1 Å². The van der Waals surface area contributed by atoms with Crippen LogP contribution in [0.15, 0.2) is 42.5 Å². The smallest absolute Gasteiger partial charge is 0.344 e. The molecule has 0 unspecified atom stereocenters. The van der Waals surface area contributed by atoms with Gasteiger partial charge in [-0.2, -0.15) is 13.2 Å². The summed E-state index contributed by atoms with van der Waals surface area (Å²) in [6.07, 6.45) is -3.55. The van der Waals surface area contributed by atoms with Crippen LogP contribution >= 0.6 is 0 Å². The number of sulfonamides is 1. The zero-order valence-corrected chi connectivity index (χ0v) is 18.0. The molecule has 2 aromatic carbocycles. The molecule has 170 valence electrons. The highest BCUT2D eigenvalue weighted by Gasteiger charge is 2.30. The molecule has 0 saturated carbocycles. The fourth-order valence-electron chi connectivity index (χ4n) is 3.12. The number of halogens is 4. The lowest BCUT2D eigenvalue weighted by molar-refractivity contribution is -0.137. The molecule has 0 fully saturated rings. The van der Waals surface area contributed by atoms with Gasteiger partial charge in [-0.3, -0.25) is 9.52 Å². The van der Waals surface area contributed by atoms with Crippen molar-refractivity contribution in [1.82, 2.24) is 10.3 Å². The van der Waals surface area contributed by atoms with Crippen LogP contribution in [-0.4, -0.2) is 25.6 Å². The highest BCUT2D eigenvalue weighted by Crippen LogP contribution is 2.31. The maximum absolute atomic E-state index is 14.6. The molecule has 11 heteroatoms. The van der Waals surface area contributed by atoms with E-state index in [0.717, 1.165) is 24.5 Å². The van der Waals surface area contributed by atoms with Crippen LogP contribution < -0.4 is 10.0 Å². The van der Waals surface area contributed by atoms with E-state index in [9.17, 15) is 30.8 Å². The number of rotatable bonds is 5. The minimum Gasteiger partial charge on any atom is -0.344 e. The fourth-order valence-corrected chi connectivity index (χ4v) is 3.74. The summed E-state index contributed by atoms with van der Waals surface area (Å²) in [5, 5.41) is 2.81. The standard InChI is InChI=1S/C21H19F4N3O3S/c1-11-8-15(16(22)10-19(11)28-32(3,30)31)12(2)26-20(29)18-6-4-13-9-14(21(23,24)25)5-7-17(13)27-18/h4-10,12,28H,1-3H3,(H,26,29)/t12-/m1/s1. The van der Waals surface area contributed by atoms with Crippen LogP contribution in [0, 0.1) is 12.7 Å². The third-order valence-corrected chi connectivity index (χ3v) is 5.29. The number of hydrogen-bond donors (Lipinski definition) is 2. The van der Waals surface area contributed by atoms with Crippen molar-refractivity contribution in [2.24, 2.45) is 0 Å². The molecule has 1 atom stereocenters. The minimum atomic E-state index is -4.49. The quantitative estimate of drug-likeness (QED) is 0.536. The first-order valence-corrected chi connectivity index (χ1v) is 11.2. The van der Waals surface area contributed by atoms with Gasteiger partial charge in [-0.05, 0) is 55.8 Å². The predicted octanol–water partition coefficient (Wildman–Crippen LogP) is 4.56. The summed E-state index contributed by atoms with van der Waals surface area (Å²) in [7, 11) is -3.59. The van der Waals surface area contributed by atoms with E-state index in [1.54, 1.807) is 6.92 Å². The Morgan fingerprint density at radius 3 is 2.41 bits per heavy atom. The van der Waals surface area contributed by atoms with E-state index in [-0.39, 0.29) is 27.8 Å². The van der Waals surface area contributed by atoms with Crippen molar-refractivity contribution in [3.63, 3.8) is 0 Å². The first kappa shape index (κ1) is 23.5. The first-order chi connectivity index (χ1) is 14.7. The normalized spacial score (nSPS) is 13.1. The number of hydrogen-bond acceptors (Lipinski definition) is 4. The van der Waals surface area contributed by atoms with Gasteiger partial charge in [-0.15, -0.1) is 0 Å². The Morgan fingerprint density at radius 2 is 1.78 bits per heavy atom. The number of aryl methyl sites for hydroxylation is 1. The van der Waals surface area contributed by atoms with Crippen molar-refractivity contribution in [1.29, 1.82) is 0 Å². The number of anilines is 1. The Bertz CT molecular complexity index is 1310. The lowest BCUT2D eigenvalue weighted by Gasteiger charge is -2.17. The van der Waals surface area contributed by atoms with Crippen molar-refractivity contribution in [3.05, 3.63) is 70.7 Å². The Labute approximate surface area is 181 Å². The summed E-state index contributed by atoms with van der Waals surface area (Å²) >= 11 is 0. The molecule has 32 heavy (non-hydrogen) atoms. The Morgan fingerprint density at radius 1 is 1.09 bits per heavy atom. The van der Waals surface area contributed by atoms with Crippen LogP contribution in [0.25, 0.3) is 10.9 Å². The number of fused-ring (bicyclic) bond motifs is 1. The van der Waals surface area contributed by atoms with E-state index in [1.807, 2.05) is 0 Å². The Kier molecular flexibility index (Phi) is 6.14. The summed E-state index contributed by atoms with van der Waals surface area (Å²) in [4.78, 5) is 16.7. The van der Waals surface area contributed by atoms with Crippen molar-refractivity contribution >= 4 is 32.5 Å². The largest absolute Gasteiger partial charge is 0.416 e. The Hall–Kier alpha value is -3.21. The maximum Gasteiger partial charge on any atom is 0.416 e. The van der Waals surface area contributed by atoms with Gasteiger partial charge < -0.3 is 5.32 Å². The van der Waals surface area contributed by atoms with Crippen LogP contribution in [0.5, 0.6) is 0 Å². The van der Waals surface area contributed by atoms with Gasteiger partial charge in [0.15, 0.2) is 0 Å². The molecular formula is C21H19F4N3O3S. The van der Waals surface area contributed by atoms with Crippen LogP contribution in [0.2, 0.25) is 0 Å². The summed E-state index contributed by atoms with van der Waals surface area (Å²) in [6, 6.07) is 7.29. The molecule has 0 saturated heterocycles. The second-order valence-corrected chi connectivity index (χ2v) is 9.11. The molecule has 2 N–H and O–H groups in total. The van der Waals surface area contributed by atoms with Gasteiger partial charge in [0.25, 0.3) is 5.91 Å². The molecule has 0 radical (unpaired) electrons. The average Bonchev–Trinajstić information content (AvgIpc) is 2.67. The van der Waals surface area contributed by atoms with Gasteiger partial charge in [0.2, 0.25) is 10.0 Å². The highest BCUT2D eigenvalue weighted by atomic mass is 32.2. The summed E-state index contributed by atoms with van der Waals surface area (Å²) in [6.45, 7) is 3.13. The van der Waals surface area contributed by atoms with Crippen LogP contribution in [-0.2, 0) is 16.2 Å². The van der Waals surface area contributed by atoms with Gasteiger partial charge in [-0.25, -0.2) is 17.8 Å². The van der Waals surface area contributed by atoms with E-state index in [4.69, 9.17) is 0 Å². The molecular weight excluding hydrogens is 450 g/mol. The molecule has 0 aliphatic heterocycles. The SMILES string of the molecule is Cc1cc([C@@H](C)NC(=O)c2ccc3cc(C(F)(F)F)ccc3n2)c(F)cc1NS(C)(=O)=O. The highest BCUT2D eigenvalue weighted by molar-refractivity contribution is 7.92. The summed E-state index contributed by atoms with van der Waals surface area (Å²) < 4.78 is 78.1. The second kappa shape index (κ2) is 8.38. The summed E-state index contributed by atoms with van der Waals surface area (Å²) in [5.74, 6) is -1.37. The zero-order valence-electron chi connectivity index (χ0n) is 17.2. The van der Waals surface area contributed by atoms with Crippen LogP contribution in [0.1, 0.15) is 40.1 Å². The van der Waals surface area contributed by atoms with Crippen molar-refractivity contribution in [2.75, 3.05) is 11.0 Å². The van der Waals surface area contributed by atoms with E-state index in [1.165, 1.54) is 31.2 Å². The van der Waals surface area contributed by atoms with E-state index in [0.29, 0.717) is 5.56 Å². The monoisotopic (exact) mass is 469 g/mol. The molecule has 1 amide bonds. The number of nitrogens with zero attached hydrogens (tertiary/aromatic N) is 1. The molecule has 3 aromatic rings. The van der Waals surface area contributed by atoms with Gasteiger partial charge in [0, 0.05) is 10.9 Å². The predicted molar refractivity (Wildman–Crippen MR) is 112 cm³/mol. The van der Waals surface area contributed by atoms with Gasteiger partial charge >= 0.3 is 6.18 Å².